The Balaban J connectivity index is 1.48. The Hall–Kier alpha value is -1.15. The Bertz CT molecular complexity index is 612. The molecular weight excluding hydrogens is 352 g/mol. The monoisotopic (exact) mass is 390 g/mol. The van der Waals surface area contributed by atoms with Crippen LogP contribution in [0.1, 0.15) is 46.5 Å². The van der Waals surface area contributed by atoms with Crippen LogP contribution in [-0.4, -0.2) is 84.8 Å². The van der Waals surface area contributed by atoms with Crippen molar-refractivity contribution >= 4 is 6.21 Å². The first-order valence-electron chi connectivity index (χ1n) is 11.3. The van der Waals surface area contributed by atoms with E-state index in [4.69, 9.17) is 0 Å². The van der Waals surface area contributed by atoms with E-state index in [9.17, 15) is 5.21 Å². The van der Waals surface area contributed by atoms with Crippen molar-refractivity contribution in [3.8, 4) is 0 Å². The fraction of sp³-hybridized carbons (Fsp3) is 0.857. The predicted molar refractivity (Wildman–Crippen MR) is 114 cm³/mol. The van der Waals surface area contributed by atoms with Crippen LogP contribution in [0.5, 0.6) is 0 Å². The van der Waals surface area contributed by atoms with Crippen molar-refractivity contribution in [2.45, 2.75) is 64.8 Å². The lowest BCUT2D eigenvalue weighted by atomic mass is 9.94. The molecule has 0 saturated carbocycles. The standard InChI is InChI=1S/C21H38N6O/c1-4-22-21-23-12-18-14-27(28,13-17-7-10-25(11-8-17)16(2)3)15-19-6-5-9-26(19)20(18)24-21/h12,16-17,19,21-22,24H,4-11,13-15H2,1-3H3/t19?,21-,27?/m0/s1. The van der Waals surface area contributed by atoms with E-state index in [1.165, 1.54) is 6.42 Å². The Morgan fingerprint density at radius 2 is 2.07 bits per heavy atom. The largest absolute Gasteiger partial charge is 0.632 e. The highest BCUT2D eigenvalue weighted by Gasteiger charge is 2.40. The summed E-state index contributed by atoms with van der Waals surface area (Å²) in [7, 11) is 0. The zero-order valence-corrected chi connectivity index (χ0v) is 17.9. The lowest BCUT2D eigenvalue weighted by molar-refractivity contribution is -0.880. The Labute approximate surface area is 170 Å². The molecule has 2 N–H and O–H groups in total. The first kappa shape index (κ1) is 20.1. The van der Waals surface area contributed by atoms with Crippen LogP contribution in [0.25, 0.3) is 0 Å². The van der Waals surface area contributed by atoms with E-state index in [1.807, 2.05) is 6.21 Å². The van der Waals surface area contributed by atoms with Crippen molar-refractivity contribution in [1.82, 2.24) is 20.4 Å². The second-order valence-electron chi connectivity index (χ2n) is 9.40. The number of rotatable bonds is 5. The summed E-state index contributed by atoms with van der Waals surface area (Å²) in [5.74, 6) is 1.71. The minimum absolute atomic E-state index is 0.0722. The molecule has 158 valence electrons. The van der Waals surface area contributed by atoms with Gasteiger partial charge in [-0.25, -0.2) is 0 Å². The summed E-state index contributed by atoms with van der Waals surface area (Å²) in [6.07, 6.45) is 6.53. The molecule has 7 nitrogen and oxygen atoms in total. The maximum Gasteiger partial charge on any atom is 0.174 e. The van der Waals surface area contributed by atoms with E-state index in [0.29, 0.717) is 24.5 Å². The molecule has 0 aromatic heterocycles. The van der Waals surface area contributed by atoms with Crippen molar-refractivity contribution in [2.75, 3.05) is 45.8 Å². The minimum atomic E-state index is -0.0775. The number of hydroxylamine groups is 3. The second kappa shape index (κ2) is 8.30. The maximum atomic E-state index is 14.0. The van der Waals surface area contributed by atoms with E-state index in [1.54, 1.807) is 0 Å². The normalized spacial score (nSPS) is 34.4. The van der Waals surface area contributed by atoms with Gasteiger partial charge in [0.05, 0.1) is 24.7 Å². The van der Waals surface area contributed by atoms with Crippen LogP contribution in [0.4, 0.5) is 0 Å². The van der Waals surface area contributed by atoms with Gasteiger partial charge in [-0.3, -0.25) is 10.3 Å². The third-order valence-corrected chi connectivity index (χ3v) is 6.99. The molecule has 0 spiro atoms. The minimum Gasteiger partial charge on any atom is -0.632 e. The molecule has 4 aliphatic heterocycles. The van der Waals surface area contributed by atoms with Gasteiger partial charge < -0.3 is 25.0 Å². The fourth-order valence-corrected chi connectivity index (χ4v) is 5.51. The number of hydrogen-bond donors (Lipinski definition) is 2. The molecule has 2 unspecified atom stereocenters. The van der Waals surface area contributed by atoms with Crippen LogP contribution < -0.4 is 10.6 Å². The maximum absolute atomic E-state index is 14.0. The van der Waals surface area contributed by atoms with Crippen molar-refractivity contribution < 1.29 is 4.65 Å². The van der Waals surface area contributed by atoms with Crippen LogP contribution in [0.2, 0.25) is 0 Å². The average molecular weight is 391 g/mol. The van der Waals surface area contributed by atoms with Gasteiger partial charge in [0.25, 0.3) is 0 Å². The molecule has 28 heavy (non-hydrogen) atoms. The molecule has 7 heteroatoms. The third-order valence-electron chi connectivity index (χ3n) is 6.99. The van der Waals surface area contributed by atoms with Crippen LogP contribution in [-0.2, 0) is 0 Å². The first-order chi connectivity index (χ1) is 13.5. The van der Waals surface area contributed by atoms with Crippen molar-refractivity contribution in [3.63, 3.8) is 0 Å². The van der Waals surface area contributed by atoms with E-state index >= 15 is 0 Å². The molecule has 0 amide bonds. The molecular formula is C21H38N6O. The Morgan fingerprint density at radius 3 is 2.79 bits per heavy atom. The highest BCUT2D eigenvalue weighted by molar-refractivity contribution is 5.81. The highest BCUT2D eigenvalue weighted by atomic mass is 16.5. The number of hydrogen-bond acceptors (Lipinski definition) is 6. The molecule has 4 aliphatic rings. The number of likely N-dealkylation sites (tertiary alicyclic amines) is 1. The quantitative estimate of drug-likeness (QED) is 0.552. The van der Waals surface area contributed by atoms with Crippen molar-refractivity contribution in [2.24, 2.45) is 10.9 Å². The third kappa shape index (κ3) is 4.22. The Kier molecular flexibility index (Phi) is 5.97. The van der Waals surface area contributed by atoms with Crippen molar-refractivity contribution in [1.29, 1.82) is 0 Å². The van der Waals surface area contributed by atoms with Gasteiger partial charge in [-0.2, -0.15) is 0 Å². The summed E-state index contributed by atoms with van der Waals surface area (Å²) in [5, 5.41) is 20.9. The predicted octanol–water partition coefficient (Wildman–Crippen LogP) is 1.68. The van der Waals surface area contributed by atoms with Gasteiger partial charge in [-0.05, 0) is 59.2 Å². The van der Waals surface area contributed by atoms with Gasteiger partial charge in [0, 0.05) is 24.7 Å². The number of fused-ring (bicyclic) bond motifs is 2. The highest BCUT2D eigenvalue weighted by Crippen LogP contribution is 2.33. The van der Waals surface area contributed by atoms with E-state index in [2.05, 4.69) is 46.2 Å². The van der Waals surface area contributed by atoms with E-state index in [-0.39, 0.29) is 10.9 Å². The number of nitrogens with one attached hydrogen (secondary N) is 2. The molecule has 2 saturated heterocycles. The summed E-state index contributed by atoms with van der Waals surface area (Å²) in [6, 6.07) is 0.977. The summed E-state index contributed by atoms with van der Waals surface area (Å²) in [6.45, 7) is 12.9. The number of quaternary nitrogens is 1. The van der Waals surface area contributed by atoms with Gasteiger partial charge in [0.1, 0.15) is 12.4 Å². The summed E-state index contributed by atoms with van der Waals surface area (Å²) in [4.78, 5) is 9.62. The average Bonchev–Trinajstić information content (AvgIpc) is 3.06. The summed E-state index contributed by atoms with van der Waals surface area (Å²) < 4.78 is -0.0775. The molecule has 0 bridgehead atoms. The van der Waals surface area contributed by atoms with Gasteiger partial charge >= 0.3 is 0 Å². The van der Waals surface area contributed by atoms with E-state index < -0.39 is 0 Å². The molecule has 0 aliphatic carbocycles. The molecule has 4 rings (SSSR count). The SMILES string of the molecule is CCN[C@H]1N=CC2=C(N1)N1CCCC1C[N+]([O-])(CC1CCN(C(C)C)CC1)C2. The topological polar surface area (TPSA) is 66.0 Å². The second-order valence-corrected chi connectivity index (χ2v) is 9.40. The van der Waals surface area contributed by atoms with Gasteiger partial charge in [0.2, 0.25) is 0 Å². The molecule has 2 fully saturated rings. The van der Waals surface area contributed by atoms with Gasteiger partial charge in [0.15, 0.2) is 6.29 Å². The number of nitrogens with zero attached hydrogens (tertiary/aromatic N) is 4. The number of piperidine rings is 1. The van der Waals surface area contributed by atoms with Gasteiger partial charge in [-0.1, -0.05) is 6.92 Å². The van der Waals surface area contributed by atoms with Crippen LogP contribution in [0.15, 0.2) is 16.4 Å². The van der Waals surface area contributed by atoms with E-state index in [0.717, 1.165) is 69.9 Å². The van der Waals surface area contributed by atoms with Crippen LogP contribution in [0, 0.1) is 11.1 Å². The lowest BCUT2D eigenvalue weighted by Crippen LogP contribution is -2.53. The van der Waals surface area contributed by atoms with Crippen molar-refractivity contribution in [3.05, 3.63) is 16.6 Å². The lowest BCUT2D eigenvalue weighted by Gasteiger charge is -2.47. The Morgan fingerprint density at radius 1 is 1.29 bits per heavy atom. The van der Waals surface area contributed by atoms with Crippen LogP contribution >= 0.6 is 0 Å². The molecule has 0 radical (unpaired) electrons. The zero-order valence-electron chi connectivity index (χ0n) is 17.9. The zero-order chi connectivity index (χ0) is 19.7. The fourth-order valence-electron chi connectivity index (χ4n) is 5.51. The molecule has 0 aromatic rings. The summed E-state index contributed by atoms with van der Waals surface area (Å²) >= 11 is 0. The number of aliphatic imine (C=N–C) groups is 1. The molecule has 0 aromatic carbocycles. The molecule has 3 atom stereocenters. The smallest absolute Gasteiger partial charge is 0.174 e. The molecule has 4 heterocycles. The summed E-state index contributed by atoms with van der Waals surface area (Å²) in [5.41, 5.74) is 1.10. The van der Waals surface area contributed by atoms with Crippen LogP contribution in [0.3, 0.4) is 0 Å². The first-order valence-corrected chi connectivity index (χ1v) is 11.3. The van der Waals surface area contributed by atoms with Gasteiger partial charge in [-0.15, -0.1) is 0 Å².